The van der Waals surface area contributed by atoms with Crippen molar-refractivity contribution in [3.05, 3.63) is 32.8 Å². The van der Waals surface area contributed by atoms with Crippen molar-refractivity contribution in [2.24, 2.45) is 5.10 Å². The molecule has 0 aliphatic rings. The van der Waals surface area contributed by atoms with Crippen LogP contribution in [0.3, 0.4) is 0 Å². The molecule has 0 fully saturated rings. The molecule has 2 rings (SSSR count). The first kappa shape index (κ1) is 15.7. The molecule has 0 radical (unpaired) electrons. The van der Waals surface area contributed by atoms with Crippen molar-refractivity contribution in [1.82, 2.24) is 14.9 Å². The van der Waals surface area contributed by atoms with E-state index in [-0.39, 0.29) is 0 Å². The molecule has 8 heteroatoms. The lowest BCUT2D eigenvalue weighted by Crippen LogP contribution is -1.98. The lowest BCUT2D eigenvalue weighted by molar-refractivity contribution is 0.353. The van der Waals surface area contributed by atoms with Crippen molar-refractivity contribution in [3.8, 4) is 11.5 Å². The molecule has 112 valence electrons. The number of nitrogens with zero attached hydrogens (tertiary/aromatic N) is 3. The molecule has 21 heavy (non-hydrogen) atoms. The van der Waals surface area contributed by atoms with Crippen LogP contribution in [0.25, 0.3) is 0 Å². The second-order valence-corrected chi connectivity index (χ2v) is 5.33. The van der Waals surface area contributed by atoms with E-state index in [4.69, 9.17) is 21.7 Å². The molecular formula is C13H15BrN4O2S. The third-order valence-corrected chi connectivity index (χ3v) is 3.67. The molecule has 0 aliphatic heterocycles. The zero-order chi connectivity index (χ0) is 15.4. The highest BCUT2D eigenvalue weighted by Crippen LogP contribution is 2.35. The van der Waals surface area contributed by atoms with Crippen LogP contribution in [-0.2, 0) is 6.42 Å². The van der Waals surface area contributed by atoms with E-state index < -0.39 is 0 Å². The van der Waals surface area contributed by atoms with E-state index in [1.165, 1.54) is 0 Å². The molecule has 0 saturated heterocycles. The monoisotopic (exact) mass is 370 g/mol. The fraction of sp³-hybridized carbons (Fsp3) is 0.308. The number of benzene rings is 1. The molecule has 0 atom stereocenters. The van der Waals surface area contributed by atoms with Crippen molar-refractivity contribution in [1.29, 1.82) is 0 Å². The fourth-order valence-electron chi connectivity index (χ4n) is 1.81. The summed E-state index contributed by atoms with van der Waals surface area (Å²) in [4.78, 5) is 0. The van der Waals surface area contributed by atoms with Gasteiger partial charge in [0.25, 0.3) is 0 Å². The van der Waals surface area contributed by atoms with Crippen molar-refractivity contribution in [3.63, 3.8) is 0 Å². The van der Waals surface area contributed by atoms with Gasteiger partial charge in [-0.25, -0.2) is 0 Å². The number of halogens is 1. The molecule has 1 aromatic heterocycles. The van der Waals surface area contributed by atoms with Gasteiger partial charge in [-0.2, -0.15) is 14.9 Å². The van der Waals surface area contributed by atoms with Crippen LogP contribution < -0.4 is 9.47 Å². The molecule has 0 bridgehead atoms. The number of aryl methyl sites for hydroxylation is 1. The molecule has 0 saturated carbocycles. The van der Waals surface area contributed by atoms with Crippen molar-refractivity contribution in [2.75, 3.05) is 14.2 Å². The van der Waals surface area contributed by atoms with Crippen LogP contribution in [0.5, 0.6) is 11.5 Å². The molecular weight excluding hydrogens is 356 g/mol. The Labute approximate surface area is 135 Å². The highest BCUT2D eigenvalue weighted by Gasteiger charge is 2.10. The largest absolute Gasteiger partial charge is 0.493 e. The molecule has 0 amide bonds. The summed E-state index contributed by atoms with van der Waals surface area (Å²) >= 11 is 8.59. The minimum atomic E-state index is 0.461. The number of hydrogen-bond donors (Lipinski definition) is 1. The Hall–Kier alpha value is -1.67. The van der Waals surface area contributed by atoms with Crippen LogP contribution in [0.15, 0.2) is 21.7 Å². The van der Waals surface area contributed by atoms with Crippen LogP contribution in [0, 0.1) is 4.77 Å². The fourth-order valence-corrected chi connectivity index (χ4v) is 2.63. The summed E-state index contributed by atoms with van der Waals surface area (Å²) in [6, 6.07) is 3.72. The number of ether oxygens (including phenoxy) is 2. The summed E-state index contributed by atoms with van der Waals surface area (Å²) in [5.41, 5.74) is 0.852. The maximum absolute atomic E-state index is 5.30. The van der Waals surface area contributed by atoms with Crippen LogP contribution >= 0.6 is 28.1 Å². The van der Waals surface area contributed by atoms with Crippen molar-refractivity contribution < 1.29 is 9.47 Å². The first-order valence-electron chi connectivity index (χ1n) is 6.22. The van der Waals surface area contributed by atoms with Gasteiger partial charge in [-0.1, -0.05) is 6.92 Å². The smallest absolute Gasteiger partial charge is 0.216 e. The van der Waals surface area contributed by atoms with Crippen LogP contribution in [0.4, 0.5) is 0 Å². The van der Waals surface area contributed by atoms with Crippen LogP contribution in [-0.4, -0.2) is 35.3 Å². The number of aromatic nitrogens is 3. The predicted octanol–water partition coefficient (Wildman–Crippen LogP) is 3.16. The number of rotatable bonds is 5. The van der Waals surface area contributed by atoms with Gasteiger partial charge in [0.05, 0.1) is 24.9 Å². The van der Waals surface area contributed by atoms with Gasteiger partial charge < -0.3 is 9.47 Å². The molecule has 0 aliphatic carbocycles. The maximum atomic E-state index is 5.30. The van der Waals surface area contributed by atoms with Crippen LogP contribution in [0.2, 0.25) is 0 Å². The number of nitrogens with one attached hydrogen (secondary N) is 1. The second-order valence-electron chi connectivity index (χ2n) is 4.09. The van der Waals surface area contributed by atoms with Gasteiger partial charge in [0.15, 0.2) is 17.3 Å². The van der Waals surface area contributed by atoms with E-state index in [1.54, 1.807) is 25.1 Å². The third-order valence-electron chi connectivity index (χ3n) is 2.81. The summed E-state index contributed by atoms with van der Waals surface area (Å²) in [6.45, 7) is 1.99. The maximum Gasteiger partial charge on any atom is 0.216 e. The Morgan fingerprint density at radius 3 is 2.81 bits per heavy atom. The van der Waals surface area contributed by atoms with Gasteiger partial charge in [0.2, 0.25) is 4.77 Å². The Kier molecular flexibility index (Phi) is 5.13. The third kappa shape index (κ3) is 3.33. The topological polar surface area (TPSA) is 64.4 Å². The number of hydrogen-bond acceptors (Lipinski definition) is 5. The number of H-pyrrole nitrogens is 1. The summed E-state index contributed by atoms with van der Waals surface area (Å²) in [5.74, 6) is 2.04. The van der Waals surface area contributed by atoms with Gasteiger partial charge in [0, 0.05) is 6.42 Å². The van der Waals surface area contributed by atoms with Crippen molar-refractivity contribution in [2.45, 2.75) is 13.3 Å². The molecule has 6 nitrogen and oxygen atoms in total. The van der Waals surface area contributed by atoms with E-state index in [0.717, 1.165) is 22.3 Å². The zero-order valence-electron chi connectivity index (χ0n) is 11.9. The second kappa shape index (κ2) is 6.86. The number of methoxy groups -OCH3 is 2. The van der Waals surface area contributed by atoms with E-state index in [9.17, 15) is 0 Å². The average Bonchev–Trinajstić information content (AvgIpc) is 2.84. The van der Waals surface area contributed by atoms with Gasteiger partial charge in [0.1, 0.15) is 0 Å². The molecule has 0 unspecified atom stereocenters. The lowest BCUT2D eigenvalue weighted by Gasteiger charge is -2.10. The summed E-state index contributed by atoms with van der Waals surface area (Å²) in [5, 5.41) is 11.2. The summed E-state index contributed by atoms with van der Waals surface area (Å²) < 4.78 is 13.4. The number of aromatic amines is 1. The molecule has 0 spiro atoms. The van der Waals surface area contributed by atoms with Gasteiger partial charge in [-0.15, -0.1) is 0 Å². The molecule has 1 N–H and O–H groups in total. The zero-order valence-corrected chi connectivity index (χ0v) is 14.3. The van der Waals surface area contributed by atoms with Gasteiger partial charge >= 0.3 is 0 Å². The minimum Gasteiger partial charge on any atom is -0.493 e. The molecule has 1 aromatic carbocycles. The standard InChI is InChI=1S/C13H15BrN4O2S/c1-4-11-16-17-13(21)18(11)15-7-8-5-9(14)12(20-3)10(6-8)19-2/h5-7H,4H2,1-3H3,(H,17,21)/b15-7-. The summed E-state index contributed by atoms with van der Waals surface area (Å²) in [6.07, 6.45) is 2.43. The van der Waals surface area contributed by atoms with Crippen LogP contribution in [0.1, 0.15) is 18.3 Å². The van der Waals surface area contributed by atoms with E-state index in [1.807, 2.05) is 19.1 Å². The van der Waals surface area contributed by atoms with Gasteiger partial charge in [-0.05, 0) is 45.8 Å². The molecule has 1 heterocycles. The first-order valence-corrected chi connectivity index (χ1v) is 7.43. The Morgan fingerprint density at radius 1 is 1.43 bits per heavy atom. The average molecular weight is 371 g/mol. The Balaban J connectivity index is 2.39. The van der Waals surface area contributed by atoms with E-state index in [0.29, 0.717) is 16.3 Å². The highest BCUT2D eigenvalue weighted by atomic mass is 79.9. The van der Waals surface area contributed by atoms with E-state index in [2.05, 4.69) is 31.2 Å². The normalized spacial score (nSPS) is 11.0. The Bertz CT molecular complexity index is 723. The highest BCUT2D eigenvalue weighted by molar-refractivity contribution is 9.10. The van der Waals surface area contributed by atoms with Crippen molar-refractivity contribution >= 4 is 34.4 Å². The first-order chi connectivity index (χ1) is 10.1. The van der Waals surface area contributed by atoms with Gasteiger partial charge in [-0.3, -0.25) is 5.10 Å². The SMILES string of the molecule is CCc1n[nH]c(=S)n1/N=C\c1cc(Br)c(OC)c(OC)c1. The Morgan fingerprint density at radius 2 is 2.19 bits per heavy atom. The summed E-state index contributed by atoms with van der Waals surface area (Å²) in [7, 11) is 3.18. The predicted molar refractivity (Wildman–Crippen MR) is 87.0 cm³/mol. The quantitative estimate of drug-likeness (QED) is 0.648. The minimum absolute atomic E-state index is 0.461. The molecule has 2 aromatic rings. The lowest BCUT2D eigenvalue weighted by atomic mass is 10.2. The van der Waals surface area contributed by atoms with E-state index >= 15 is 0 Å².